The van der Waals surface area contributed by atoms with E-state index in [-0.39, 0.29) is 5.41 Å². The van der Waals surface area contributed by atoms with Gasteiger partial charge >= 0.3 is 0 Å². The summed E-state index contributed by atoms with van der Waals surface area (Å²) in [6.45, 7) is 4.40. The van der Waals surface area contributed by atoms with Gasteiger partial charge in [0.2, 0.25) is 0 Å². The van der Waals surface area contributed by atoms with Crippen LogP contribution in [0.1, 0.15) is 37.3 Å². The number of aromatic nitrogens is 1. The monoisotopic (exact) mass is 183 g/mol. The molecule has 0 unspecified atom stereocenters. The van der Waals surface area contributed by atoms with Crippen molar-refractivity contribution >= 4 is 12.6 Å². The number of rotatable bonds is 1. The molecule has 2 nitrogen and oxygen atoms in total. The number of hydrogen-bond donors (Lipinski definition) is 1. The number of fused-ring (bicyclic) bond motifs is 1. The van der Waals surface area contributed by atoms with Crippen molar-refractivity contribution in [3.05, 3.63) is 17.0 Å². The summed E-state index contributed by atoms with van der Waals surface area (Å²) in [6, 6.07) is 0. The summed E-state index contributed by atoms with van der Waals surface area (Å²) >= 11 is 4.21. The highest BCUT2D eigenvalue weighted by molar-refractivity contribution is 7.79. The van der Waals surface area contributed by atoms with E-state index in [4.69, 9.17) is 4.52 Å². The van der Waals surface area contributed by atoms with Gasteiger partial charge in [-0.2, -0.15) is 12.6 Å². The predicted octanol–water partition coefficient (Wildman–Crippen LogP) is 2.33. The normalized spacial score (nSPS) is 19.6. The van der Waals surface area contributed by atoms with Crippen LogP contribution in [-0.4, -0.2) is 5.16 Å². The van der Waals surface area contributed by atoms with Crippen LogP contribution in [0.25, 0.3) is 0 Å². The minimum absolute atomic E-state index is 0.184. The molecule has 0 N–H and O–H groups in total. The van der Waals surface area contributed by atoms with E-state index in [0.717, 1.165) is 17.9 Å². The van der Waals surface area contributed by atoms with Gasteiger partial charge in [0.25, 0.3) is 0 Å². The van der Waals surface area contributed by atoms with Gasteiger partial charge in [-0.25, -0.2) is 0 Å². The Morgan fingerprint density at radius 3 is 3.00 bits per heavy atom. The first-order chi connectivity index (χ1) is 5.65. The van der Waals surface area contributed by atoms with Crippen LogP contribution in [0.2, 0.25) is 0 Å². The fourth-order valence-electron chi connectivity index (χ4n) is 1.81. The zero-order valence-electron chi connectivity index (χ0n) is 7.42. The van der Waals surface area contributed by atoms with Crippen LogP contribution in [0.5, 0.6) is 0 Å². The van der Waals surface area contributed by atoms with Gasteiger partial charge in [-0.3, -0.25) is 0 Å². The smallest absolute Gasteiger partial charge is 0.145 e. The van der Waals surface area contributed by atoms with E-state index in [2.05, 4.69) is 31.6 Å². The van der Waals surface area contributed by atoms with E-state index >= 15 is 0 Å². The molecule has 0 saturated heterocycles. The van der Waals surface area contributed by atoms with Crippen LogP contribution >= 0.6 is 12.6 Å². The average molecular weight is 183 g/mol. The van der Waals surface area contributed by atoms with Gasteiger partial charge in [-0.1, -0.05) is 19.0 Å². The van der Waals surface area contributed by atoms with Crippen LogP contribution in [0.15, 0.2) is 4.52 Å². The molecule has 0 saturated carbocycles. The summed E-state index contributed by atoms with van der Waals surface area (Å²) in [5.74, 6) is 1.76. The topological polar surface area (TPSA) is 26.0 Å². The van der Waals surface area contributed by atoms with Gasteiger partial charge in [-0.05, 0) is 12.8 Å². The third kappa shape index (κ3) is 0.993. The molecule has 1 heterocycles. The van der Waals surface area contributed by atoms with Crippen LogP contribution < -0.4 is 0 Å². The lowest BCUT2D eigenvalue weighted by Gasteiger charge is -2.13. The van der Waals surface area contributed by atoms with Crippen LogP contribution in [0, 0.1) is 0 Å². The molecule has 0 aromatic carbocycles. The Labute approximate surface area is 77.7 Å². The maximum Gasteiger partial charge on any atom is 0.145 e. The maximum atomic E-state index is 5.31. The minimum atomic E-state index is 0.184. The van der Waals surface area contributed by atoms with Gasteiger partial charge in [0, 0.05) is 16.7 Å². The third-order valence-corrected chi connectivity index (χ3v) is 2.93. The largest absolute Gasteiger partial charge is 0.360 e. The predicted molar refractivity (Wildman–Crippen MR) is 50.5 cm³/mol. The SMILES string of the molecule is CC1(C)CCc2c(CS)noc21. The molecule has 2 rings (SSSR count). The lowest BCUT2D eigenvalue weighted by atomic mass is 9.92. The van der Waals surface area contributed by atoms with Crippen molar-refractivity contribution in [2.24, 2.45) is 0 Å². The van der Waals surface area contributed by atoms with Crippen molar-refractivity contribution < 1.29 is 4.52 Å². The highest BCUT2D eigenvalue weighted by atomic mass is 32.1. The zero-order chi connectivity index (χ0) is 8.77. The summed E-state index contributed by atoms with van der Waals surface area (Å²) in [5, 5.41) is 4.00. The molecular weight excluding hydrogens is 170 g/mol. The van der Waals surface area contributed by atoms with Crippen LogP contribution in [0.4, 0.5) is 0 Å². The molecule has 0 fully saturated rings. The molecule has 1 aliphatic rings. The van der Waals surface area contributed by atoms with Crippen molar-refractivity contribution in [1.29, 1.82) is 0 Å². The Morgan fingerprint density at radius 2 is 2.33 bits per heavy atom. The first kappa shape index (κ1) is 8.17. The van der Waals surface area contributed by atoms with Gasteiger partial charge in [0.05, 0.1) is 5.69 Å². The number of nitrogens with zero attached hydrogens (tertiary/aromatic N) is 1. The molecule has 0 atom stereocenters. The molecule has 0 bridgehead atoms. The molecule has 0 amide bonds. The molecule has 1 aromatic heterocycles. The maximum absolute atomic E-state index is 5.31. The van der Waals surface area contributed by atoms with Crippen molar-refractivity contribution in [1.82, 2.24) is 5.16 Å². The molecule has 1 aromatic rings. The lowest BCUT2D eigenvalue weighted by Crippen LogP contribution is -2.10. The Kier molecular flexibility index (Phi) is 1.72. The number of thiol groups is 1. The summed E-state index contributed by atoms with van der Waals surface area (Å²) in [7, 11) is 0. The fraction of sp³-hybridized carbons (Fsp3) is 0.667. The van der Waals surface area contributed by atoms with E-state index in [9.17, 15) is 0 Å². The lowest BCUT2D eigenvalue weighted by molar-refractivity contribution is 0.317. The second-order valence-corrected chi connectivity index (χ2v) is 4.30. The van der Waals surface area contributed by atoms with Crippen molar-refractivity contribution in [3.63, 3.8) is 0 Å². The second kappa shape index (κ2) is 2.52. The molecule has 1 aliphatic carbocycles. The molecule has 0 aliphatic heterocycles. The highest BCUT2D eigenvalue weighted by Gasteiger charge is 2.36. The standard InChI is InChI=1S/C9H13NOS/c1-9(2)4-3-6-7(5-12)10-11-8(6)9/h12H,3-5H2,1-2H3. The zero-order valence-corrected chi connectivity index (χ0v) is 8.32. The second-order valence-electron chi connectivity index (χ2n) is 3.98. The van der Waals surface area contributed by atoms with Crippen LogP contribution in [0.3, 0.4) is 0 Å². The highest BCUT2D eigenvalue weighted by Crippen LogP contribution is 2.39. The van der Waals surface area contributed by atoms with Crippen LogP contribution in [-0.2, 0) is 17.6 Å². The summed E-state index contributed by atoms with van der Waals surface area (Å²) < 4.78 is 5.31. The van der Waals surface area contributed by atoms with E-state index in [1.165, 1.54) is 12.0 Å². The third-order valence-electron chi connectivity index (χ3n) is 2.63. The van der Waals surface area contributed by atoms with E-state index < -0.39 is 0 Å². The van der Waals surface area contributed by atoms with Gasteiger partial charge < -0.3 is 4.52 Å². The Balaban J connectivity index is 2.49. The van der Waals surface area contributed by atoms with Crippen molar-refractivity contribution in [2.75, 3.05) is 0 Å². The molecule has 12 heavy (non-hydrogen) atoms. The first-order valence-corrected chi connectivity index (χ1v) is 4.87. The van der Waals surface area contributed by atoms with Crippen molar-refractivity contribution in [3.8, 4) is 0 Å². The Bertz CT molecular complexity index is 303. The molecule has 0 radical (unpaired) electrons. The molecule has 3 heteroatoms. The first-order valence-electron chi connectivity index (χ1n) is 4.24. The van der Waals surface area contributed by atoms with Gasteiger partial charge in [-0.15, -0.1) is 0 Å². The summed E-state index contributed by atoms with van der Waals surface area (Å²) in [4.78, 5) is 0. The molecular formula is C9H13NOS. The Morgan fingerprint density at radius 1 is 1.58 bits per heavy atom. The van der Waals surface area contributed by atoms with E-state index in [1.54, 1.807) is 0 Å². The molecule has 66 valence electrons. The van der Waals surface area contributed by atoms with E-state index in [1.807, 2.05) is 0 Å². The quantitative estimate of drug-likeness (QED) is 0.676. The summed E-state index contributed by atoms with van der Waals surface area (Å²) in [5.41, 5.74) is 2.51. The van der Waals surface area contributed by atoms with Crippen molar-refractivity contribution in [2.45, 2.75) is 37.9 Å². The summed E-state index contributed by atoms with van der Waals surface area (Å²) in [6.07, 6.45) is 2.27. The van der Waals surface area contributed by atoms with E-state index in [0.29, 0.717) is 5.75 Å². The Hall–Kier alpha value is -0.440. The van der Waals surface area contributed by atoms with Gasteiger partial charge in [0.1, 0.15) is 5.76 Å². The molecule has 0 spiro atoms. The van der Waals surface area contributed by atoms with Gasteiger partial charge in [0.15, 0.2) is 0 Å². The fourth-order valence-corrected chi connectivity index (χ4v) is 2.06. The minimum Gasteiger partial charge on any atom is -0.360 e. The number of hydrogen-bond acceptors (Lipinski definition) is 3. The average Bonchev–Trinajstić information content (AvgIpc) is 2.53.